The summed E-state index contributed by atoms with van der Waals surface area (Å²) in [6, 6.07) is 7.24. The maximum absolute atomic E-state index is 13.2. The van der Waals surface area contributed by atoms with Crippen LogP contribution in [0.4, 0.5) is 0 Å². The van der Waals surface area contributed by atoms with Gasteiger partial charge in [-0.05, 0) is 39.3 Å². The number of benzene rings is 1. The minimum Gasteiger partial charge on any atom is -0.361 e. The molecule has 1 aromatic carbocycles. The van der Waals surface area contributed by atoms with Crippen LogP contribution in [0, 0.1) is 13.8 Å². The van der Waals surface area contributed by atoms with Crippen LogP contribution in [0.2, 0.25) is 0 Å². The van der Waals surface area contributed by atoms with E-state index in [1.165, 1.54) is 0 Å². The standard InChI is InChI=1S/C19H24N2O4S2/c1-4-21(15-9-10-27(23,24)12-15)19(22)16-7-5-6-8-18(16)26-11-17-13(2)20-25-14(17)3/h5-8,15H,4,9-12H2,1-3H3. The first-order valence-corrected chi connectivity index (χ1v) is 11.8. The number of rotatable bonds is 6. The monoisotopic (exact) mass is 408 g/mol. The molecule has 3 rings (SSSR count). The van der Waals surface area contributed by atoms with Crippen LogP contribution >= 0.6 is 11.8 Å². The smallest absolute Gasteiger partial charge is 0.255 e. The molecule has 1 fully saturated rings. The zero-order chi connectivity index (χ0) is 19.6. The molecular formula is C19H24N2O4S2. The van der Waals surface area contributed by atoms with Gasteiger partial charge in [-0.1, -0.05) is 17.3 Å². The molecule has 2 aromatic rings. The number of hydrogen-bond acceptors (Lipinski definition) is 6. The first-order chi connectivity index (χ1) is 12.8. The van der Waals surface area contributed by atoms with E-state index in [1.807, 2.05) is 45.0 Å². The molecule has 1 aromatic heterocycles. The highest BCUT2D eigenvalue weighted by Gasteiger charge is 2.34. The third kappa shape index (κ3) is 4.38. The Morgan fingerprint density at radius 2 is 2.07 bits per heavy atom. The zero-order valence-electron chi connectivity index (χ0n) is 15.8. The summed E-state index contributed by atoms with van der Waals surface area (Å²) in [5.74, 6) is 1.55. The fourth-order valence-corrected chi connectivity index (χ4v) is 6.30. The van der Waals surface area contributed by atoms with E-state index in [1.54, 1.807) is 16.7 Å². The number of sulfone groups is 1. The van der Waals surface area contributed by atoms with Crippen molar-refractivity contribution in [2.45, 2.75) is 43.9 Å². The lowest BCUT2D eigenvalue weighted by Gasteiger charge is -2.27. The number of amides is 1. The van der Waals surface area contributed by atoms with Crippen LogP contribution in [0.15, 0.2) is 33.7 Å². The van der Waals surface area contributed by atoms with Gasteiger partial charge in [0.25, 0.3) is 5.91 Å². The summed E-state index contributed by atoms with van der Waals surface area (Å²) in [7, 11) is -3.04. The Morgan fingerprint density at radius 3 is 2.67 bits per heavy atom. The Kier molecular flexibility index (Phi) is 5.95. The van der Waals surface area contributed by atoms with Crippen molar-refractivity contribution in [3.05, 3.63) is 46.8 Å². The highest BCUT2D eigenvalue weighted by atomic mass is 32.2. The lowest BCUT2D eigenvalue weighted by molar-refractivity contribution is 0.0705. The van der Waals surface area contributed by atoms with E-state index in [-0.39, 0.29) is 23.5 Å². The normalized spacial score (nSPS) is 18.6. The molecule has 146 valence electrons. The summed E-state index contributed by atoms with van der Waals surface area (Å²) in [6.45, 7) is 6.17. The Balaban J connectivity index is 1.81. The maximum Gasteiger partial charge on any atom is 0.255 e. The molecule has 1 aliphatic heterocycles. The number of nitrogens with zero attached hydrogens (tertiary/aromatic N) is 2. The summed E-state index contributed by atoms with van der Waals surface area (Å²) in [5.41, 5.74) is 2.51. The Labute approximate surface area is 164 Å². The van der Waals surface area contributed by atoms with Gasteiger partial charge >= 0.3 is 0 Å². The molecule has 1 saturated heterocycles. The molecule has 0 aliphatic carbocycles. The number of aromatic nitrogens is 1. The topological polar surface area (TPSA) is 80.5 Å². The fraction of sp³-hybridized carbons (Fsp3) is 0.474. The van der Waals surface area contributed by atoms with Crippen molar-refractivity contribution in [3.8, 4) is 0 Å². The molecule has 0 bridgehead atoms. The Bertz CT molecular complexity index is 917. The Morgan fingerprint density at radius 1 is 1.33 bits per heavy atom. The van der Waals surface area contributed by atoms with E-state index in [0.717, 1.165) is 21.9 Å². The summed E-state index contributed by atoms with van der Waals surface area (Å²) < 4.78 is 28.9. The zero-order valence-corrected chi connectivity index (χ0v) is 17.4. The molecule has 0 saturated carbocycles. The van der Waals surface area contributed by atoms with Crippen molar-refractivity contribution in [2.24, 2.45) is 0 Å². The predicted molar refractivity (Wildman–Crippen MR) is 106 cm³/mol. The van der Waals surface area contributed by atoms with E-state index in [0.29, 0.717) is 24.3 Å². The van der Waals surface area contributed by atoms with E-state index >= 15 is 0 Å². The Hall–Kier alpha value is -1.80. The quantitative estimate of drug-likeness (QED) is 0.683. The van der Waals surface area contributed by atoms with Gasteiger partial charge in [-0.25, -0.2) is 8.42 Å². The van der Waals surface area contributed by atoms with Crippen molar-refractivity contribution in [1.29, 1.82) is 0 Å². The van der Waals surface area contributed by atoms with Crippen LogP contribution in [0.5, 0.6) is 0 Å². The summed E-state index contributed by atoms with van der Waals surface area (Å²) in [4.78, 5) is 15.7. The molecule has 1 unspecified atom stereocenters. The molecule has 0 radical (unpaired) electrons. The molecule has 1 aliphatic rings. The fourth-order valence-electron chi connectivity index (χ4n) is 3.37. The molecular weight excluding hydrogens is 384 g/mol. The highest BCUT2D eigenvalue weighted by molar-refractivity contribution is 7.98. The van der Waals surface area contributed by atoms with Crippen molar-refractivity contribution in [1.82, 2.24) is 10.1 Å². The first-order valence-electron chi connectivity index (χ1n) is 8.97. The molecule has 0 spiro atoms. The van der Waals surface area contributed by atoms with Gasteiger partial charge in [0.2, 0.25) is 0 Å². The van der Waals surface area contributed by atoms with E-state index < -0.39 is 9.84 Å². The van der Waals surface area contributed by atoms with Gasteiger partial charge in [-0.2, -0.15) is 0 Å². The third-order valence-corrected chi connectivity index (χ3v) is 7.77. The second kappa shape index (κ2) is 8.06. The van der Waals surface area contributed by atoms with E-state index in [2.05, 4.69) is 5.16 Å². The predicted octanol–water partition coefficient (Wildman–Crippen LogP) is 3.23. The van der Waals surface area contributed by atoms with Gasteiger partial charge in [0, 0.05) is 28.8 Å². The highest BCUT2D eigenvalue weighted by Crippen LogP contribution is 2.30. The number of aryl methyl sites for hydroxylation is 2. The number of hydrogen-bond donors (Lipinski definition) is 0. The van der Waals surface area contributed by atoms with Gasteiger partial charge in [0.05, 0.1) is 22.8 Å². The molecule has 0 N–H and O–H groups in total. The average molecular weight is 409 g/mol. The third-order valence-electron chi connectivity index (χ3n) is 4.92. The lowest BCUT2D eigenvalue weighted by atomic mass is 10.1. The SMILES string of the molecule is CCN(C(=O)c1ccccc1SCc1c(C)noc1C)C1CCS(=O)(=O)C1. The van der Waals surface area contributed by atoms with Crippen molar-refractivity contribution >= 4 is 27.5 Å². The molecule has 1 atom stereocenters. The van der Waals surface area contributed by atoms with Crippen LogP contribution in [0.3, 0.4) is 0 Å². The number of carbonyl (C=O) groups excluding carboxylic acids is 1. The van der Waals surface area contributed by atoms with Crippen LogP contribution in [-0.4, -0.2) is 48.5 Å². The van der Waals surface area contributed by atoms with Crippen molar-refractivity contribution < 1.29 is 17.7 Å². The molecule has 2 heterocycles. The second-order valence-corrected chi connectivity index (χ2v) is 9.98. The summed E-state index contributed by atoms with van der Waals surface area (Å²) >= 11 is 1.57. The molecule has 27 heavy (non-hydrogen) atoms. The van der Waals surface area contributed by atoms with Crippen LogP contribution in [0.1, 0.15) is 40.7 Å². The maximum atomic E-state index is 13.2. The minimum absolute atomic E-state index is 0.0565. The van der Waals surface area contributed by atoms with Gasteiger partial charge in [0.1, 0.15) is 5.76 Å². The van der Waals surface area contributed by atoms with Crippen molar-refractivity contribution in [3.63, 3.8) is 0 Å². The van der Waals surface area contributed by atoms with Gasteiger partial charge in [-0.3, -0.25) is 4.79 Å². The number of thioether (sulfide) groups is 1. The minimum atomic E-state index is -3.04. The van der Waals surface area contributed by atoms with Crippen LogP contribution in [-0.2, 0) is 15.6 Å². The molecule has 8 heteroatoms. The van der Waals surface area contributed by atoms with Crippen molar-refractivity contribution in [2.75, 3.05) is 18.1 Å². The van der Waals surface area contributed by atoms with E-state index in [4.69, 9.17) is 4.52 Å². The van der Waals surface area contributed by atoms with Crippen LogP contribution in [0.25, 0.3) is 0 Å². The lowest BCUT2D eigenvalue weighted by Crippen LogP contribution is -2.41. The average Bonchev–Trinajstić information content (AvgIpc) is 3.15. The number of carbonyl (C=O) groups is 1. The second-order valence-electron chi connectivity index (χ2n) is 6.74. The molecule has 6 nitrogen and oxygen atoms in total. The summed E-state index contributed by atoms with van der Waals surface area (Å²) in [5, 5.41) is 3.97. The largest absolute Gasteiger partial charge is 0.361 e. The van der Waals surface area contributed by atoms with Gasteiger partial charge in [-0.15, -0.1) is 11.8 Å². The summed E-state index contributed by atoms with van der Waals surface area (Å²) in [6.07, 6.45) is 0.510. The van der Waals surface area contributed by atoms with Crippen LogP contribution < -0.4 is 0 Å². The van der Waals surface area contributed by atoms with Gasteiger partial charge < -0.3 is 9.42 Å². The first kappa shape index (κ1) is 19.9. The van der Waals surface area contributed by atoms with E-state index in [9.17, 15) is 13.2 Å². The molecule has 1 amide bonds. The van der Waals surface area contributed by atoms with Gasteiger partial charge in [0.15, 0.2) is 9.84 Å².